The molecule has 0 radical (unpaired) electrons. The average molecular weight is 350 g/mol. The first-order chi connectivity index (χ1) is 11.3. The van der Waals surface area contributed by atoms with Crippen LogP contribution >= 0.6 is 11.8 Å². The van der Waals surface area contributed by atoms with Gasteiger partial charge in [0.25, 0.3) is 0 Å². The Bertz CT molecular complexity index is 692. The first-order valence-corrected chi connectivity index (χ1v) is 8.54. The lowest BCUT2D eigenvalue weighted by Gasteiger charge is -2.52. The van der Waals surface area contributed by atoms with E-state index in [1.807, 2.05) is 0 Å². The van der Waals surface area contributed by atoms with Crippen molar-refractivity contribution in [3.05, 3.63) is 29.8 Å². The number of amides is 1. The zero-order chi connectivity index (χ0) is 17.5. The molecule has 2 heterocycles. The summed E-state index contributed by atoms with van der Waals surface area (Å²) in [6.07, 6.45) is 0. The van der Waals surface area contributed by atoms with Crippen molar-refractivity contribution in [3.63, 3.8) is 0 Å². The van der Waals surface area contributed by atoms with Crippen LogP contribution in [0.15, 0.2) is 24.3 Å². The van der Waals surface area contributed by atoms with E-state index in [-0.39, 0.29) is 30.2 Å². The number of ketones is 1. The quantitative estimate of drug-likeness (QED) is 0.590. The van der Waals surface area contributed by atoms with Crippen molar-refractivity contribution in [2.24, 2.45) is 11.1 Å². The number of fused-ring (bicyclic) bond motifs is 1. The monoisotopic (exact) mass is 350 g/mol. The van der Waals surface area contributed by atoms with Crippen molar-refractivity contribution >= 4 is 29.4 Å². The molecule has 1 amide bonds. The summed E-state index contributed by atoms with van der Waals surface area (Å²) in [5.41, 5.74) is 5.12. The number of thioether (sulfide) groups is 1. The fourth-order valence-corrected chi connectivity index (χ4v) is 4.28. The van der Waals surface area contributed by atoms with E-state index in [1.165, 1.54) is 23.6 Å². The van der Waals surface area contributed by atoms with E-state index in [2.05, 4.69) is 0 Å². The van der Waals surface area contributed by atoms with Gasteiger partial charge in [-0.3, -0.25) is 14.4 Å². The molecule has 2 fully saturated rings. The Labute approximate surface area is 143 Å². The second kappa shape index (κ2) is 6.10. The van der Waals surface area contributed by atoms with Gasteiger partial charge < -0.3 is 20.5 Å². The lowest BCUT2D eigenvalue weighted by molar-refractivity contribution is -0.158. The van der Waals surface area contributed by atoms with Crippen molar-refractivity contribution in [1.29, 1.82) is 0 Å². The van der Waals surface area contributed by atoms with E-state index in [1.54, 1.807) is 24.3 Å². The Morgan fingerprint density at radius 3 is 2.67 bits per heavy atom. The Morgan fingerprint density at radius 2 is 2.08 bits per heavy atom. The van der Waals surface area contributed by atoms with Gasteiger partial charge in [0.15, 0.2) is 5.78 Å². The number of nitrogens with two attached hydrogens (primary N) is 1. The van der Waals surface area contributed by atoms with Gasteiger partial charge in [0.1, 0.15) is 29.2 Å². The van der Waals surface area contributed by atoms with Crippen LogP contribution in [0.4, 0.5) is 0 Å². The third kappa shape index (κ3) is 2.76. The highest BCUT2D eigenvalue weighted by Gasteiger charge is 2.56. The van der Waals surface area contributed by atoms with Crippen LogP contribution in [0.5, 0.6) is 5.75 Å². The van der Waals surface area contributed by atoms with Gasteiger partial charge in [-0.05, 0) is 31.2 Å². The van der Waals surface area contributed by atoms with Gasteiger partial charge >= 0.3 is 5.97 Å². The van der Waals surface area contributed by atoms with Crippen molar-refractivity contribution in [3.8, 4) is 5.75 Å². The molecule has 3 N–H and O–H groups in total. The molecule has 2 aliphatic rings. The fraction of sp³-hybridized carbons (Fsp3) is 0.438. The predicted octanol–water partition coefficient (Wildman–Crippen LogP) is 0.581. The fourth-order valence-electron chi connectivity index (χ4n) is 2.81. The van der Waals surface area contributed by atoms with Crippen LogP contribution in [-0.4, -0.2) is 58.0 Å². The Hall–Kier alpha value is -2.06. The minimum Gasteiger partial charge on any atom is -0.492 e. The minimum absolute atomic E-state index is 0.0501. The van der Waals surface area contributed by atoms with E-state index in [9.17, 15) is 19.5 Å². The summed E-state index contributed by atoms with van der Waals surface area (Å²) in [5, 5.41) is 9.52. The molecule has 8 heteroatoms. The van der Waals surface area contributed by atoms with E-state index in [0.29, 0.717) is 17.1 Å². The SMILES string of the molecule is CC(=O)c1ccc(OCC2(C(=O)O)CS[C@@H]3C(N)C(=O)N3C2)cc1. The summed E-state index contributed by atoms with van der Waals surface area (Å²) in [4.78, 5) is 36.4. The van der Waals surface area contributed by atoms with Gasteiger partial charge in [0, 0.05) is 17.9 Å². The molecule has 1 aromatic rings. The number of carbonyl (C=O) groups excluding carboxylic acids is 2. The molecule has 0 spiro atoms. The molecule has 2 aliphatic heterocycles. The van der Waals surface area contributed by atoms with Crippen LogP contribution in [0.3, 0.4) is 0 Å². The van der Waals surface area contributed by atoms with Gasteiger partial charge in [0.05, 0.1) is 0 Å². The molecule has 0 saturated carbocycles. The number of Topliss-reactive ketones (excluding diaryl/α,β-unsaturated/α-hetero) is 1. The zero-order valence-electron chi connectivity index (χ0n) is 13.1. The predicted molar refractivity (Wildman–Crippen MR) is 87.9 cm³/mol. The van der Waals surface area contributed by atoms with Crippen LogP contribution in [-0.2, 0) is 9.59 Å². The maximum absolute atomic E-state index is 11.8. The second-order valence-electron chi connectivity index (χ2n) is 6.15. The van der Waals surface area contributed by atoms with Gasteiger partial charge in [-0.25, -0.2) is 0 Å². The van der Waals surface area contributed by atoms with Crippen LogP contribution in [0, 0.1) is 5.41 Å². The molecule has 0 aliphatic carbocycles. The summed E-state index contributed by atoms with van der Waals surface area (Å²) < 4.78 is 5.64. The lowest BCUT2D eigenvalue weighted by atomic mass is 9.88. The smallest absolute Gasteiger partial charge is 0.315 e. The lowest BCUT2D eigenvalue weighted by Crippen LogP contribution is -2.72. The number of β-lactam (4-membered cyclic amide) rings is 1. The summed E-state index contributed by atoms with van der Waals surface area (Å²) in [5.74, 6) is -0.452. The van der Waals surface area contributed by atoms with Gasteiger partial charge in [0.2, 0.25) is 5.91 Å². The topological polar surface area (TPSA) is 110 Å². The van der Waals surface area contributed by atoms with E-state index in [4.69, 9.17) is 10.5 Å². The average Bonchev–Trinajstić information content (AvgIpc) is 2.59. The van der Waals surface area contributed by atoms with E-state index in [0.717, 1.165) is 0 Å². The zero-order valence-corrected chi connectivity index (χ0v) is 13.9. The third-order valence-electron chi connectivity index (χ3n) is 4.42. The highest BCUT2D eigenvalue weighted by Crippen LogP contribution is 2.41. The van der Waals surface area contributed by atoms with Crippen molar-refractivity contribution < 1.29 is 24.2 Å². The van der Waals surface area contributed by atoms with Crippen molar-refractivity contribution in [2.45, 2.75) is 18.3 Å². The van der Waals surface area contributed by atoms with Crippen molar-refractivity contribution in [2.75, 3.05) is 18.9 Å². The number of carboxylic acid groups (broad SMARTS) is 1. The number of rotatable bonds is 5. The standard InChI is InChI=1S/C16H18N2O5S/c1-9(19)10-2-4-11(5-3-10)23-7-16(15(21)22)6-18-13(20)12(17)14(18)24-8-16/h2-5,12,14H,6-8,17H2,1H3,(H,21,22)/t12?,14-,16?/m1/s1. The van der Waals surface area contributed by atoms with Crippen LogP contribution in [0.1, 0.15) is 17.3 Å². The van der Waals surface area contributed by atoms with Crippen molar-refractivity contribution in [1.82, 2.24) is 4.90 Å². The molecule has 24 heavy (non-hydrogen) atoms. The molecule has 128 valence electrons. The molecule has 2 saturated heterocycles. The number of hydrogen-bond donors (Lipinski definition) is 2. The number of hydrogen-bond acceptors (Lipinski definition) is 6. The molecule has 0 bridgehead atoms. The number of nitrogens with zero attached hydrogens (tertiary/aromatic N) is 1. The van der Waals surface area contributed by atoms with E-state index >= 15 is 0 Å². The molecular formula is C16H18N2O5S. The molecular weight excluding hydrogens is 332 g/mol. The summed E-state index contributed by atoms with van der Waals surface area (Å²) in [6.45, 7) is 1.51. The number of benzene rings is 1. The largest absolute Gasteiger partial charge is 0.492 e. The number of carboxylic acids is 1. The van der Waals surface area contributed by atoms with Crippen LogP contribution in [0.25, 0.3) is 0 Å². The minimum atomic E-state index is -1.17. The molecule has 2 unspecified atom stereocenters. The Kier molecular flexibility index (Phi) is 4.27. The highest BCUT2D eigenvalue weighted by atomic mass is 32.2. The maximum Gasteiger partial charge on any atom is 0.315 e. The number of carbonyl (C=O) groups is 3. The Balaban J connectivity index is 1.70. The highest BCUT2D eigenvalue weighted by molar-refractivity contribution is 8.00. The maximum atomic E-state index is 11.8. The molecule has 7 nitrogen and oxygen atoms in total. The molecule has 3 rings (SSSR count). The number of ether oxygens (including phenoxy) is 1. The first-order valence-electron chi connectivity index (χ1n) is 7.49. The molecule has 1 aromatic carbocycles. The first kappa shape index (κ1) is 16.8. The summed E-state index contributed by atoms with van der Waals surface area (Å²) in [7, 11) is 0. The van der Waals surface area contributed by atoms with Crippen LogP contribution < -0.4 is 10.5 Å². The van der Waals surface area contributed by atoms with Gasteiger partial charge in [-0.15, -0.1) is 11.8 Å². The third-order valence-corrected chi connectivity index (χ3v) is 6.02. The number of aliphatic carboxylic acids is 1. The Morgan fingerprint density at radius 1 is 1.42 bits per heavy atom. The normalized spacial score (nSPS) is 28.8. The van der Waals surface area contributed by atoms with Gasteiger partial charge in [-0.2, -0.15) is 0 Å². The van der Waals surface area contributed by atoms with E-state index < -0.39 is 17.4 Å². The second-order valence-corrected chi connectivity index (χ2v) is 7.25. The summed E-state index contributed by atoms with van der Waals surface area (Å²) in [6, 6.07) is 6.00. The van der Waals surface area contributed by atoms with Crippen LogP contribution in [0.2, 0.25) is 0 Å². The van der Waals surface area contributed by atoms with Gasteiger partial charge in [-0.1, -0.05) is 0 Å². The molecule has 0 aromatic heterocycles. The molecule has 3 atom stereocenters. The summed E-state index contributed by atoms with van der Waals surface area (Å²) >= 11 is 1.38.